The first kappa shape index (κ1) is 96.8. The average Bonchev–Trinajstić information content (AvgIpc) is 3.00. The molecule has 0 fully saturated rings. The monoisotopic (exact) mass is 842 g/mol. The molecule has 2 atom stereocenters. The van der Waals surface area contributed by atoms with Gasteiger partial charge in [0.1, 0.15) is 0.594 Å². The molecule has 0 rings (SSSR count). The average molecular weight is 840 g/mol. The Kier molecular flexibility index (Phi) is 679. The zero-order valence-corrected chi connectivity index (χ0v) is 35.6. The molecule has 0 heterocycles. The van der Waals surface area contributed by atoms with Gasteiger partial charge in [0, 0.05) is 0 Å². The van der Waals surface area contributed by atoms with E-state index in [2.05, 4.69) is 106 Å². The summed E-state index contributed by atoms with van der Waals surface area (Å²) in [6.07, 6.45) is 10.3. The molecule has 0 aliphatic carbocycles. The van der Waals surface area contributed by atoms with Gasteiger partial charge >= 0.3 is 27.1 Å². The Labute approximate surface area is 306 Å². The Morgan fingerprint density at radius 2 is 0.634 bits per heavy atom. The molecule has 0 saturated carbocycles. The Morgan fingerprint density at radius 1 is 0.561 bits per heavy atom. The zero-order chi connectivity index (χ0) is 35.5. The zero-order valence-electron chi connectivity index (χ0n) is 33.1. The minimum atomic E-state index is 0. The second kappa shape index (κ2) is 288. The summed E-state index contributed by atoms with van der Waals surface area (Å²) >= 11 is 2.76. The third-order valence-electron chi connectivity index (χ3n) is 2.76. The van der Waals surface area contributed by atoms with Crippen LogP contribution in [0.5, 0.6) is 0 Å². The van der Waals surface area contributed by atoms with Gasteiger partial charge in [-0.3, -0.25) is 0 Å². The van der Waals surface area contributed by atoms with Crippen molar-refractivity contribution in [1.29, 1.82) is 4.19 Å². The van der Waals surface area contributed by atoms with E-state index >= 15 is 0 Å². The molecule has 0 aromatic rings. The first-order valence-corrected chi connectivity index (χ1v) is 16.8. The fourth-order valence-electron chi connectivity index (χ4n) is 0.805. The number of rotatable bonds is 4. The van der Waals surface area contributed by atoms with Crippen LogP contribution in [-0.4, -0.2) is 27.9 Å². The molecule has 0 aliphatic heterocycles. The van der Waals surface area contributed by atoms with Crippen LogP contribution in [-0.2, 0) is 0 Å². The van der Waals surface area contributed by atoms with E-state index in [1.165, 1.54) is 97.3 Å². The summed E-state index contributed by atoms with van der Waals surface area (Å²) in [5.41, 5.74) is 0. The SMILES string of the molecule is C.C.C.C.CC.CC.CC.CC.CCC.CCC.CCC.CCC.CCC(C)C(C)CC.CCCC.NO.[2H]I.[3H]N=[Te]. The van der Waals surface area contributed by atoms with Gasteiger partial charge in [-0.1, -0.05) is 233 Å². The number of nitrogens with two attached hydrogens (primary N) is 1. The first-order valence-electron chi connectivity index (χ1n) is 16.6. The van der Waals surface area contributed by atoms with Crippen molar-refractivity contribution in [3.05, 3.63) is 0 Å². The molecule has 5 heteroatoms. The molecule has 2 unspecified atom stereocenters. The van der Waals surface area contributed by atoms with E-state index in [4.69, 9.17) is 7.21 Å². The Morgan fingerprint density at radius 3 is 0.659 bits per heavy atom. The predicted octanol–water partition coefficient (Wildman–Crippen LogP) is 17.1. The standard InChI is InChI=1S/C8H18.C4H10.4C3H8.4C2H6.4CH4.HI.H3NO.HNTe/c1-5-7(3)8(4)6-2;1-3-4-2;4*1-3-2;4*1-2;;;;;;2*1-2/h7-8H,5-6H2,1-4H3;3-4H2,1-2H3;4*3H2,1-2H3;4*1-2H3;4*1H4;1H;2H,1H2;1H/i/hTD. The molecule has 0 radical (unpaired) electrons. The molecule has 0 aromatic heterocycles. The van der Waals surface area contributed by atoms with Crippen LogP contribution in [0.25, 0.3) is 0 Å². The van der Waals surface area contributed by atoms with Gasteiger partial charge in [0.15, 0.2) is 0 Å². The van der Waals surface area contributed by atoms with Gasteiger partial charge in [0.25, 0.3) is 0 Å². The van der Waals surface area contributed by atoms with Crippen LogP contribution < -0.4 is 5.90 Å². The molecule has 278 valence electrons. The molecule has 41 heavy (non-hydrogen) atoms. The van der Waals surface area contributed by atoms with Gasteiger partial charge in [-0.25, -0.2) is 5.90 Å². The van der Waals surface area contributed by atoms with Gasteiger partial charge < -0.3 is 5.21 Å². The quantitative estimate of drug-likeness (QED) is 0.150. The van der Waals surface area contributed by atoms with Crippen LogP contribution in [0.3, 0.4) is 0 Å². The van der Waals surface area contributed by atoms with E-state index in [-0.39, 0.29) is 29.7 Å². The number of hydrogen-bond donors (Lipinski definition) is 3. The van der Waals surface area contributed by atoms with E-state index in [1.54, 1.807) is 0 Å². The minimum absolute atomic E-state index is 0. The molecular weight excluding hydrogens is 731 g/mol. The van der Waals surface area contributed by atoms with Gasteiger partial charge in [-0.05, 0) is 11.8 Å². The summed E-state index contributed by atoms with van der Waals surface area (Å²) in [5.74, 6) is 5.33. The van der Waals surface area contributed by atoms with E-state index in [0.29, 0.717) is 0 Å². The fourth-order valence-corrected chi connectivity index (χ4v) is 0.805. The van der Waals surface area contributed by atoms with E-state index in [1.807, 2.05) is 55.4 Å². The summed E-state index contributed by atoms with van der Waals surface area (Å²) in [7, 11) is 0. The Hall–Kier alpha value is 1.24. The molecule has 0 aromatic carbocycles. The number of nitrogens with one attached hydrogen (secondary N) is 1. The van der Waals surface area contributed by atoms with Crippen LogP contribution in [0.2, 0.25) is 1.41 Å². The first-order chi connectivity index (χ1) is 18.7. The van der Waals surface area contributed by atoms with Crippen molar-refractivity contribution in [3.63, 3.8) is 0 Å². The normalized spacial score (nSPS) is 7.24. The summed E-state index contributed by atoms with van der Waals surface area (Å²) in [4.78, 5) is 0. The van der Waals surface area contributed by atoms with Crippen LogP contribution in [0, 0.1) is 15.4 Å². The van der Waals surface area contributed by atoms with Crippen molar-refractivity contribution in [2.24, 2.45) is 17.7 Å². The molecule has 0 bridgehead atoms. The molecule has 3 nitrogen and oxygen atoms in total. The van der Waals surface area contributed by atoms with Crippen molar-refractivity contribution in [2.45, 2.75) is 233 Å². The number of hydrogen-bond acceptors (Lipinski definition) is 3. The molecule has 0 spiro atoms. The predicted molar refractivity (Wildman–Crippen MR) is 226 cm³/mol. The van der Waals surface area contributed by atoms with Crippen LogP contribution in [0.1, 0.15) is 233 Å². The van der Waals surface area contributed by atoms with E-state index in [9.17, 15) is 0 Å². The molecule has 4 N–H and O–H groups in total. The third-order valence-corrected chi connectivity index (χ3v) is 2.76. The van der Waals surface area contributed by atoms with E-state index in [0.717, 1.165) is 11.8 Å². The second-order valence-electron chi connectivity index (χ2n) is 6.60. The summed E-state index contributed by atoms with van der Waals surface area (Å²) < 4.78 is 14.3. The van der Waals surface area contributed by atoms with Gasteiger partial charge in [-0.2, -0.15) is 0 Å². The van der Waals surface area contributed by atoms with Crippen molar-refractivity contribution in [3.8, 4) is 0 Å². The second-order valence-corrected chi connectivity index (χ2v) is 6.60. The fraction of sp³-hybridized carbons (Fsp3) is 1.00. The van der Waals surface area contributed by atoms with Gasteiger partial charge in [0.05, 0.1) is 0 Å². The van der Waals surface area contributed by atoms with Crippen molar-refractivity contribution in [1.82, 2.24) is 0 Å². The van der Waals surface area contributed by atoms with Crippen molar-refractivity contribution >= 4 is 45.9 Å². The molecule has 0 saturated heterocycles. The van der Waals surface area contributed by atoms with Crippen molar-refractivity contribution < 1.29 is 6.62 Å². The number of unbranched alkanes of at least 4 members (excludes halogenated alkanes) is 1. The molecular formula is C36H105IN2OTe. The van der Waals surface area contributed by atoms with Crippen LogP contribution in [0.4, 0.5) is 0 Å². The third kappa shape index (κ3) is 606. The molecule has 0 aliphatic rings. The Balaban J connectivity index is -0.0000000117. The van der Waals surface area contributed by atoms with Crippen molar-refractivity contribution in [2.75, 3.05) is 0 Å². The summed E-state index contributed by atoms with van der Waals surface area (Å²) in [6.45, 7) is 46.5. The van der Waals surface area contributed by atoms with Gasteiger partial charge in [0.2, 0.25) is 0 Å². The van der Waals surface area contributed by atoms with E-state index < -0.39 is 0 Å². The van der Waals surface area contributed by atoms with Crippen LogP contribution in [0.15, 0.2) is 0 Å². The number of halogens is 1. The van der Waals surface area contributed by atoms with Crippen LogP contribution >= 0.6 is 23.8 Å². The Bertz CT molecular complexity index is 162. The molecule has 0 amide bonds. The van der Waals surface area contributed by atoms with Gasteiger partial charge in [-0.15, -0.1) is 23.8 Å². The maximum absolute atomic E-state index is 6.50. The summed E-state index contributed by atoms with van der Waals surface area (Å²) in [6, 6.07) is 0. The summed E-state index contributed by atoms with van der Waals surface area (Å²) in [5, 5.41) is 6.50. The maximum atomic E-state index is 6.50. The topological polar surface area (TPSA) is 70.1 Å².